The Labute approximate surface area is 209 Å². The Balaban J connectivity index is 1.56. The summed E-state index contributed by atoms with van der Waals surface area (Å²) in [5.41, 5.74) is 4.32. The number of benzene rings is 3. The van der Waals surface area contributed by atoms with Crippen LogP contribution in [0, 0.1) is 24.0 Å². The van der Waals surface area contributed by atoms with E-state index in [0.29, 0.717) is 27.6 Å². The number of hydrogen-bond donors (Lipinski definition) is 2. The maximum Gasteiger partial charge on any atom is 0.283 e. The summed E-state index contributed by atoms with van der Waals surface area (Å²) in [7, 11) is 0. The number of aryl methyl sites for hydroxylation is 1. The van der Waals surface area contributed by atoms with Crippen LogP contribution in [0.5, 0.6) is 0 Å². The van der Waals surface area contributed by atoms with Crippen LogP contribution in [0.3, 0.4) is 0 Å². The maximum atomic E-state index is 13.7. The van der Waals surface area contributed by atoms with Crippen molar-refractivity contribution in [2.45, 2.75) is 19.0 Å². The molecule has 0 aliphatic rings. The molecular weight excluding hydrogens is 478 g/mol. The van der Waals surface area contributed by atoms with Crippen LogP contribution in [-0.2, 0) is 4.79 Å². The molecule has 3 aromatic carbocycles. The van der Waals surface area contributed by atoms with E-state index in [-0.39, 0.29) is 22.9 Å². The minimum absolute atomic E-state index is 0.0478. The minimum atomic E-state index is -0.520. The summed E-state index contributed by atoms with van der Waals surface area (Å²) in [4.78, 5) is 45.0. The number of thioether (sulfide) groups is 1. The molecule has 0 atom stereocenters. The molecule has 0 saturated heterocycles. The molecule has 2 aromatic heterocycles. The van der Waals surface area contributed by atoms with Gasteiger partial charge in [-0.2, -0.15) is 0 Å². The summed E-state index contributed by atoms with van der Waals surface area (Å²) < 4.78 is 1.53. The Hall–Kier alpha value is -4.44. The molecule has 5 aromatic rings. The average molecular weight is 500 g/mol. The molecule has 0 radical (unpaired) electrons. The van der Waals surface area contributed by atoms with Crippen LogP contribution in [0.2, 0.25) is 0 Å². The van der Waals surface area contributed by atoms with E-state index in [0.717, 1.165) is 33.8 Å². The zero-order chi connectivity index (χ0) is 25.4. The van der Waals surface area contributed by atoms with Crippen molar-refractivity contribution in [3.63, 3.8) is 0 Å². The van der Waals surface area contributed by atoms with Gasteiger partial charge in [-0.15, -0.1) is 0 Å². The van der Waals surface area contributed by atoms with Crippen LogP contribution in [0.15, 0.2) is 76.7 Å². The van der Waals surface area contributed by atoms with Crippen LogP contribution in [-0.4, -0.2) is 31.1 Å². The Kier molecular flexibility index (Phi) is 6.03. The van der Waals surface area contributed by atoms with E-state index in [1.54, 1.807) is 6.07 Å². The molecule has 180 valence electrons. The van der Waals surface area contributed by atoms with Crippen molar-refractivity contribution < 1.29 is 9.72 Å². The van der Waals surface area contributed by atoms with E-state index >= 15 is 0 Å². The van der Waals surface area contributed by atoms with Crippen molar-refractivity contribution in [2.75, 3.05) is 11.1 Å². The molecule has 0 bridgehead atoms. The number of aromatic amines is 1. The molecular formula is C26H21N5O4S. The largest absolute Gasteiger partial charge is 0.349 e. The van der Waals surface area contributed by atoms with Gasteiger partial charge in [0, 0.05) is 28.7 Å². The fourth-order valence-corrected chi connectivity index (χ4v) is 4.85. The van der Waals surface area contributed by atoms with E-state index in [1.165, 1.54) is 22.8 Å². The number of nitrogens with zero attached hydrogens (tertiary/aromatic N) is 3. The van der Waals surface area contributed by atoms with Gasteiger partial charge >= 0.3 is 0 Å². The molecule has 1 amide bonds. The highest BCUT2D eigenvalue weighted by molar-refractivity contribution is 7.99. The number of carbonyl (C=O) groups is 1. The number of nitro groups is 1. The summed E-state index contributed by atoms with van der Waals surface area (Å²) >= 11 is 1.13. The van der Waals surface area contributed by atoms with Gasteiger partial charge < -0.3 is 10.3 Å². The number of amides is 1. The number of aromatic nitrogens is 3. The lowest BCUT2D eigenvalue weighted by Gasteiger charge is -2.15. The molecule has 0 aliphatic heterocycles. The molecule has 2 N–H and O–H groups in total. The van der Waals surface area contributed by atoms with Crippen LogP contribution in [0.25, 0.3) is 27.6 Å². The highest BCUT2D eigenvalue weighted by atomic mass is 32.2. The third-order valence-electron chi connectivity index (χ3n) is 5.98. The molecule has 0 saturated carbocycles. The first-order valence-corrected chi connectivity index (χ1v) is 12.1. The van der Waals surface area contributed by atoms with Gasteiger partial charge in [0.2, 0.25) is 5.91 Å². The third-order valence-corrected chi connectivity index (χ3v) is 6.92. The number of anilines is 1. The molecule has 5 rings (SSSR count). The number of nitrogens with one attached hydrogen (secondary N) is 2. The van der Waals surface area contributed by atoms with Gasteiger partial charge in [-0.3, -0.25) is 24.3 Å². The molecule has 0 spiro atoms. The standard InChI is InChI=1S/C26H21N5O4S/c1-15-7-5-12-21(16(15)2)30-25(33)24-23(19-10-3-4-11-20(19)28-24)29-26(30)36-14-22(32)27-17-8-6-9-18(13-17)31(34)35/h3-13,28H,14H2,1-2H3,(H,27,32). The molecule has 0 unspecified atom stereocenters. The first-order valence-electron chi connectivity index (χ1n) is 11.1. The monoisotopic (exact) mass is 499 g/mol. The van der Waals surface area contributed by atoms with E-state index in [4.69, 9.17) is 4.98 Å². The first kappa shape index (κ1) is 23.3. The molecule has 9 nitrogen and oxygen atoms in total. The first-order chi connectivity index (χ1) is 17.3. The number of H-pyrrole nitrogens is 1. The summed E-state index contributed by atoms with van der Waals surface area (Å²) in [5.74, 6) is -0.422. The van der Waals surface area contributed by atoms with Crippen molar-refractivity contribution in [3.8, 4) is 5.69 Å². The van der Waals surface area contributed by atoms with Crippen molar-refractivity contribution in [2.24, 2.45) is 0 Å². The number of fused-ring (bicyclic) bond motifs is 3. The Bertz CT molecular complexity index is 1720. The summed E-state index contributed by atoms with van der Waals surface area (Å²) in [6.45, 7) is 3.91. The van der Waals surface area contributed by atoms with Crippen LogP contribution >= 0.6 is 11.8 Å². The molecule has 10 heteroatoms. The SMILES string of the molecule is Cc1cccc(-n2c(SCC(=O)Nc3cccc([N+](=O)[O-])c3)nc3c([nH]c4ccccc43)c2=O)c1C. The fraction of sp³-hybridized carbons (Fsp3) is 0.115. The summed E-state index contributed by atoms with van der Waals surface area (Å²) in [6, 6.07) is 19.0. The van der Waals surface area contributed by atoms with Crippen molar-refractivity contribution >= 4 is 51.0 Å². The number of para-hydroxylation sites is 1. The quantitative estimate of drug-likeness (QED) is 0.145. The normalized spacial score (nSPS) is 11.2. The van der Waals surface area contributed by atoms with Gasteiger partial charge in [0.1, 0.15) is 11.0 Å². The van der Waals surface area contributed by atoms with Crippen molar-refractivity contribution in [3.05, 3.63) is 98.3 Å². The summed E-state index contributed by atoms with van der Waals surface area (Å²) in [5, 5.41) is 14.9. The predicted molar refractivity (Wildman–Crippen MR) is 141 cm³/mol. The lowest BCUT2D eigenvalue weighted by atomic mass is 10.1. The number of nitro benzene ring substituents is 1. The van der Waals surface area contributed by atoms with Crippen molar-refractivity contribution in [1.82, 2.24) is 14.5 Å². The lowest BCUT2D eigenvalue weighted by Crippen LogP contribution is -2.23. The zero-order valence-electron chi connectivity index (χ0n) is 19.4. The second-order valence-corrected chi connectivity index (χ2v) is 9.23. The second kappa shape index (κ2) is 9.31. The second-order valence-electron chi connectivity index (χ2n) is 8.29. The minimum Gasteiger partial charge on any atom is -0.349 e. The van der Waals surface area contributed by atoms with Crippen LogP contribution < -0.4 is 10.9 Å². The predicted octanol–water partition coefficient (Wildman–Crippen LogP) is 5.12. The van der Waals surface area contributed by atoms with Gasteiger partial charge in [0.15, 0.2) is 5.16 Å². The van der Waals surface area contributed by atoms with E-state index in [9.17, 15) is 19.7 Å². The van der Waals surface area contributed by atoms with E-state index in [2.05, 4.69) is 10.3 Å². The number of rotatable bonds is 6. The van der Waals surface area contributed by atoms with Gasteiger partial charge in [0.05, 0.1) is 16.4 Å². The van der Waals surface area contributed by atoms with Gasteiger partial charge in [-0.1, -0.05) is 48.2 Å². The Morgan fingerprint density at radius 3 is 2.69 bits per heavy atom. The van der Waals surface area contributed by atoms with Gasteiger partial charge in [0.25, 0.3) is 11.2 Å². The summed E-state index contributed by atoms with van der Waals surface area (Å²) in [6.07, 6.45) is 0. The zero-order valence-corrected chi connectivity index (χ0v) is 20.3. The molecule has 2 heterocycles. The topological polar surface area (TPSA) is 123 Å². The van der Waals surface area contributed by atoms with Crippen LogP contribution in [0.1, 0.15) is 11.1 Å². The van der Waals surface area contributed by atoms with Gasteiger partial charge in [-0.05, 0) is 43.2 Å². The number of non-ortho nitro benzene ring substituents is 1. The van der Waals surface area contributed by atoms with Crippen LogP contribution in [0.4, 0.5) is 11.4 Å². The van der Waals surface area contributed by atoms with E-state index < -0.39 is 4.92 Å². The molecule has 36 heavy (non-hydrogen) atoms. The fourth-order valence-electron chi connectivity index (χ4n) is 4.05. The molecule has 0 aliphatic carbocycles. The molecule has 0 fully saturated rings. The third kappa shape index (κ3) is 4.22. The lowest BCUT2D eigenvalue weighted by molar-refractivity contribution is -0.384. The number of carbonyl (C=O) groups excluding carboxylic acids is 1. The Morgan fingerprint density at radius 1 is 1.11 bits per heavy atom. The van der Waals surface area contributed by atoms with E-state index in [1.807, 2.05) is 56.3 Å². The highest BCUT2D eigenvalue weighted by Crippen LogP contribution is 2.28. The highest BCUT2D eigenvalue weighted by Gasteiger charge is 2.19. The average Bonchev–Trinajstić information content (AvgIpc) is 3.24. The van der Waals surface area contributed by atoms with Crippen molar-refractivity contribution in [1.29, 1.82) is 0 Å². The Morgan fingerprint density at radius 2 is 1.89 bits per heavy atom. The smallest absolute Gasteiger partial charge is 0.283 e. The van der Waals surface area contributed by atoms with Gasteiger partial charge in [-0.25, -0.2) is 4.98 Å². The maximum absolute atomic E-state index is 13.7. The number of hydrogen-bond acceptors (Lipinski definition) is 6.